The van der Waals surface area contributed by atoms with Crippen LogP contribution in [0.15, 0.2) is 73.1 Å². The number of hydrogen-bond acceptors (Lipinski definition) is 2. The highest BCUT2D eigenvalue weighted by atomic mass is 19.1. The summed E-state index contributed by atoms with van der Waals surface area (Å²) in [6.07, 6.45) is 6.78. The highest BCUT2D eigenvalue weighted by Crippen LogP contribution is 2.06. The third kappa shape index (κ3) is 5.14. The van der Waals surface area contributed by atoms with Crippen molar-refractivity contribution in [2.24, 2.45) is 0 Å². The molecule has 0 radical (unpaired) electrons. The second kappa shape index (κ2) is 8.06. The Hall–Kier alpha value is -3.21. The van der Waals surface area contributed by atoms with Gasteiger partial charge < -0.3 is 5.32 Å². The molecule has 3 rings (SSSR count). The standard InChI is InChI=1S/C20H18FN3O/c21-19-9-6-16(7-10-19)12-22-20(25)11-8-18-13-23-24(15-18)14-17-4-2-1-3-5-17/h1-11,13,15H,12,14H2,(H,22,25)/b11-8+. The molecule has 0 aliphatic heterocycles. The van der Waals surface area contributed by atoms with E-state index in [9.17, 15) is 9.18 Å². The van der Waals surface area contributed by atoms with Gasteiger partial charge in [-0.1, -0.05) is 42.5 Å². The van der Waals surface area contributed by atoms with Crippen molar-refractivity contribution in [1.29, 1.82) is 0 Å². The van der Waals surface area contributed by atoms with Gasteiger partial charge in [0.2, 0.25) is 5.91 Å². The summed E-state index contributed by atoms with van der Waals surface area (Å²) in [4.78, 5) is 11.9. The highest BCUT2D eigenvalue weighted by molar-refractivity contribution is 5.91. The summed E-state index contributed by atoms with van der Waals surface area (Å²) in [7, 11) is 0. The van der Waals surface area contributed by atoms with E-state index < -0.39 is 0 Å². The van der Waals surface area contributed by atoms with Gasteiger partial charge in [0.1, 0.15) is 5.82 Å². The predicted octanol–water partition coefficient (Wildman–Crippen LogP) is 3.40. The molecular formula is C20H18FN3O. The summed E-state index contributed by atoms with van der Waals surface area (Å²) in [5.74, 6) is -0.498. The van der Waals surface area contributed by atoms with Gasteiger partial charge in [-0.15, -0.1) is 0 Å². The molecule has 25 heavy (non-hydrogen) atoms. The van der Waals surface area contributed by atoms with Crippen LogP contribution in [0.5, 0.6) is 0 Å². The molecule has 0 fully saturated rings. The second-order valence-corrected chi connectivity index (χ2v) is 5.63. The maximum atomic E-state index is 12.8. The van der Waals surface area contributed by atoms with Crippen molar-refractivity contribution in [3.05, 3.63) is 95.6 Å². The summed E-state index contributed by atoms with van der Waals surface area (Å²) in [5, 5.41) is 7.05. The minimum atomic E-state index is -0.289. The fraction of sp³-hybridized carbons (Fsp3) is 0.100. The van der Waals surface area contributed by atoms with Gasteiger partial charge in [0.05, 0.1) is 12.7 Å². The zero-order chi connectivity index (χ0) is 17.5. The van der Waals surface area contributed by atoms with Gasteiger partial charge in [0, 0.05) is 24.4 Å². The number of hydrogen-bond donors (Lipinski definition) is 1. The lowest BCUT2D eigenvalue weighted by Crippen LogP contribution is -2.20. The smallest absolute Gasteiger partial charge is 0.244 e. The first-order valence-corrected chi connectivity index (χ1v) is 7.96. The van der Waals surface area contributed by atoms with E-state index in [0.717, 1.165) is 16.7 Å². The number of carbonyl (C=O) groups excluding carboxylic acids is 1. The number of benzene rings is 2. The van der Waals surface area contributed by atoms with E-state index in [1.165, 1.54) is 18.2 Å². The summed E-state index contributed by atoms with van der Waals surface area (Å²) in [6.45, 7) is 1.04. The Morgan fingerprint density at radius 2 is 1.84 bits per heavy atom. The number of carbonyl (C=O) groups is 1. The zero-order valence-corrected chi connectivity index (χ0v) is 13.6. The van der Waals surface area contributed by atoms with Crippen molar-refractivity contribution in [3.8, 4) is 0 Å². The van der Waals surface area contributed by atoms with Crippen LogP contribution in [0, 0.1) is 5.82 Å². The number of rotatable bonds is 6. The Balaban J connectivity index is 1.51. The average molecular weight is 335 g/mol. The van der Waals surface area contributed by atoms with Crippen LogP contribution >= 0.6 is 0 Å². The molecule has 0 atom stereocenters. The molecule has 5 heteroatoms. The fourth-order valence-corrected chi connectivity index (χ4v) is 2.34. The van der Waals surface area contributed by atoms with E-state index >= 15 is 0 Å². The Labute approximate surface area is 145 Å². The van der Waals surface area contributed by atoms with E-state index in [2.05, 4.69) is 10.4 Å². The normalized spacial score (nSPS) is 10.9. The maximum absolute atomic E-state index is 12.8. The molecule has 1 N–H and O–H groups in total. The third-order valence-corrected chi connectivity index (χ3v) is 3.65. The van der Waals surface area contributed by atoms with Crippen molar-refractivity contribution in [1.82, 2.24) is 15.1 Å². The zero-order valence-electron chi connectivity index (χ0n) is 13.6. The molecule has 1 heterocycles. The Bertz CT molecular complexity index is 854. The summed E-state index contributed by atoms with van der Waals surface area (Å²) in [5.41, 5.74) is 2.87. The lowest BCUT2D eigenvalue weighted by Gasteiger charge is -2.02. The Morgan fingerprint density at radius 1 is 1.08 bits per heavy atom. The highest BCUT2D eigenvalue weighted by Gasteiger charge is 2.00. The number of nitrogens with zero attached hydrogens (tertiary/aromatic N) is 2. The topological polar surface area (TPSA) is 46.9 Å². The molecule has 1 aromatic heterocycles. The van der Waals surface area contributed by atoms with Gasteiger partial charge in [0.15, 0.2) is 0 Å². The molecule has 0 unspecified atom stereocenters. The molecule has 0 aliphatic rings. The van der Waals surface area contributed by atoms with Crippen LogP contribution in [0.25, 0.3) is 6.08 Å². The van der Waals surface area contributed by atoms with Crippen LogP contribution in [0.1, 0.15) is 16.7 Å². The van der Waals surface area contributed by atoms with Crippen molar-refractivity contribution in [3.63, 3.8) is 0 Å². The number of aromatic nitrogens is 2. The van der Waals surface area contributed by atoms with E-state index in [1.54, 1.807) is 24.4 Å². The summed E-state index contributed by atoms with van der Waals surface area (Å²) < 4.78 is 14.7. The number of amides is 1. The Kier molecular flexibility index (Phi) is 5.36. The lowest BCUT2D eigenvalue weighted by atomic mass is 10.2. The number of nitrogens with one attached hydrogen (secondary N) is 1. The average Bonchev–Trinajstić information content (AvgIpc) is 3.08. The first-order chi connectivity index (χ1) is 12.2. The van der Waals surface area contributed by atoms with E-state index in [1.807, 2.05) is 41.2 Å². The van der Waals surface area contributed by atoms with Gasteiger partial charge in [-0.3, -0.25) is 9.48 Å². The fourth-order valence-electron chi connectivity index (χ4n) is 2.34. The molecule has 0 bridgehead atoms. The monoisotopic (exact) mass is 335 g/mol. The summed E-state index contributed by atoms with van der Waals surface area (Å²) >= 11 is 0. The van der Waals surface area contributed by atoms with Crippen LogP contribution in [-0.2, 0) is 17.9 Å². The first-order valence-electron chi connectivity index (χ1n) is 7.96. The van der Waals surface area contributed by atoms with Crippen LogP contribution in [0.2, 0.25) is 0 Å². The molecule has 0 saturated heterocycles. The largest absolute Gasteiger partial charge is 0.348 e. The molecule has 0 spiro atoms. The van der Waals surface area contributed by atoms with Crippen molar-refractivity contribution < 1.29 is 9.18 Å². The van der Waals surface area contributed by atoms with Gasteiger partial charge >= 0.3 is 0 Å². The second-order valence-electron chi connectivity index (χ2n) is 5.63. The Morgan fingerprint density at radius 3 is 2.60 bits per heavy atom. The van der Waals surface area contributed by atoms with Gasteiger partial charge in [-0.2, -0.15) is 5.10 Å². The third-order valence-electron chi connectivity index (χ3n) is 3.65. The maximum Gasteiger partial charge on any atom is 0.244 e. The molecule has 2 aromatic carbocycles. The molecule has 0 saturated carbocycles. The van der Waals surface area contributed by atoms with Crippen LogP contribution in [0.4, 0.5) is 4.39 Å². The predicted molar refractivity (Wildman–Crippen MR) is 95.1 cm³/mol. The van der Waals surface area contributed by atoms with Crippen molar-refractivity contribution >= 4 is 12.0 Å². The van der Waals surface area contributed by atoms with Crippen LogP contribution in [0.3, 0.4) is 0 Å². The van der Waals surface area contributed by atoms with Crippen LogP contribution in [-0.4, -0.2) is 15.7 Å². The van der Waals surface area contributed by atoms with Gasteiger partial charge in [0.25, 0.3) is 0 Å². The van der Waals surface area contributed by atoms with Crippen LogP contribution < -0.4 is 5.32 Å². The molecular weight excluding hydrogens is 317 g/mol. The molecule has 4 nitrogen and oxygen atoms in total. The lowest BCUT2D eigenvalue weighted by molar-refractivity contribution is -0.116. The van der Waals surface area contributed by atoms with E-state index in [0.29, 0.717) is 13.1 Å². The SMILES string of the molecule is O=C(/C=C/c1cnn(Cc2ccccc2)c1)NCc1ccc(F)cc1. The molecule has 3 aromatic rings. The minimum Gasteiger partial charge on any atom is -0.348 e. The quantitative estimate of drug-likeness (QED) is 0.702. The van der Waals surface area contributed by atoms with Gasteiger partial charge in [-0.25, -0.2) is 4.39 Å². The summed E-state index contributed by atoms with van der Waals surface area (Å²) in [6, 6.07) is 16.1. The first kappa shape index (κ1) is 16.6. The van der Waals surface area contributed by atoms with Crippen molar-refractivity contribution in [2.45, 2.75) is 13.1 Å². The number of halogens is 1. The van der Waals surface area contributed by atoms with E-state index in [-0.39, 0.29) is 11.7 Å². The molecule has 1 amide bonds. The molecule has 0 aliphatic carbocycles. The van der Waals surface area contributed by atoms with Gasteiger partial charge in [-0.05, 0) is 29.3 Å². The van der Waals surface area contributed by atoms with Crippen molar-refractivity contribution in [2.75, 3.05) is 0 Å². The minimum absolute atomic E-state index is 0.208. The molecule has 126 valence electrons. The van der Waals surface area contributed by atoms with E-state index in [4.69, 9.17) is 0 Å².